The highest BCUT2D eigenvalue weighted by molar-refractivity contribution is 8.00. The Morgan fingerprint density at radius 3 is 2.71 bits per heavy atom. The second kappa shape index (κ2) is 8.35. The summed E-state index contributed by atoms with van der Waals surface area (Å²) in [7, 11) is 0. The van der Waals surface area contributed by atoms with Crippen molar-refractivity contribution >= 4 is 17.7 Å². The molecule has 1 saturated heterocycles. The first-order valence-electron chi connectivity index (χ1n) is 8.32. The Morgan fingerprint density at radius 1 is 1.29 bits per heavy atom. The van der Waals surface area contributed by atoms with Crippen LogP contribution in [0.2, 0.25) is 0 Å². The molecule has 2 aromatic heterocycles. The fourth-order valence-electron chi connectivity index (χ4n) is 2.94. The number of furan rings is 1. The monoisotopic (exact) mass is 345 g/mol. The van der Waals surface area contributed by atoms with Crippen molar-refractivity contribution in [1.82, 2.24) is 15.2 Å². The smallest absolute Gasteiger partial charge is 0.230 e. The number of aromatic nitrogens is 1. The first kappa shape index (κ1) is 17.0. The van der Waals surface area contributed by atoms with E-state index in [1.54, 1.807) is 12.4 Å². The Kier molecular flexibility index (Phi) is 5.93. The fraction of sp³-hybridized carbons (Fsp3) is 0.444. The van der Waals surface area contributed by atoms with Crippen molar-refractivity contribution in [1.29, 1.82) is 0 Å². The van der Waals surface area contributed by atoms with Crippen molar-refractivity contribution < 1.29 is 9.21 Å². The maximum atomic E-state index is 12.2. The summed E-state index contributed by atoms with van der Waals surface area (Å²) in [4.78, 5) is 19.6. The summed E-state index contributed by atoms with van der Waals surface area (Å²) in [5.41, 5.74) is 0. The molecule has 0 bridgehead atoms. The maximum absolute atomic E-state index is 12.2. The van der Waals surface area contributed by atoms with Gasteiger partial charge in [0, 0.05) is 23.8 Å². The summed E-state index contributed by atoms with van der Waals surface area (Å²) in [5.74, 6) is 2.31. The lowest BCUT2D eigenvalue weighted by Gasteiger charge is -2.26. The summed E-state index contributed by atoms with van der Waals surface area (Å²) >= 11 is 1.52. The van der Waals surface area contributed by atoms with Crippen LogP contribution in [-0.2, 0) is 4.79 Å². The average molecular weight is 345 g/mol. The third-order valence-corrected chi connectivity index (χ3v) is 5.20. The Balaban J connectivity index is 1.54. The van der Waals surface area contributed by atoms with Gasteiger partial charge in [0.25, 0.3) is 0 Å². The van der Waals surface area contributed by atoms with Crippen LogP contribution in [-0.4, -0.2) is 41.2 Å². The van der Waals surface area contributed by atoms with Crippen LogP contribution in [0.15, 0.2) is 46.0 Å². The minimum absolute atomic E-state index is 0.0456. The van der Waals surface area contributed by atoms with E-state index in [0.29, 0.717) is 12.3 Å². The predicted molar refractivity (Wildman–Crippen MR) is 95.0 cm³/mol. The van der Waals surface area contributed by atoms with E-state index in [1.807, 2.05) is 31.2 Å². The van der Waals surface area contributed by atoms with Crippen molar-refractivity contribution in [3.63, 3.8) is 0 Å². The van der Waals surface area contributed by atoms with Crippen molar-refractivity contribution in [3.05, 3.63) is 48.2 Å². The molecule has 128 valence electrons. The molecule has 0 aliphatic carbocycles. The molecule has 2 aromatic rings. The molecule has 0 radical (unpaired) electrons. The van der Waals surface area contributed by atoms with E-state index < -0.39 is 0 Å². The zero-order chi connectivity index (χ0) is 16.8. The topological polar surface area (TPSA) is 58.4 Å². The van der Waals surface area contributed by atoms with Gasteiger partial charge in [-0.25, -0.2) is 0 Å². The highest BCUT2D eigenvalue weighted by Crippen LogP contribution is 2.26. The molecule has 1 atom stereocenters. The second-order valence-electron chi connectivity index (χ2n) is 5.98. The van der Waals surface area contributed by atoms with E-state index in [4.69, 9.17) is 4.42 Å². The van der Waals surface area contributed by atoms with Crippen molar-refractivity contribution in [3.8, 4) is 0 Å². The number of nitrogens with one attached hydrogen (secondary N) is 1. The quantitative estimate of drug-likeness (QED) is 0.782. The number of rotatable bonds is 7. The Bertz CT molecular complexity index is 653. The largest absolute Gasteiger partial charge is 0.465 e. The molecule has 1 aliphatic rings. The Morgan fingerprint density at radius 2 is 2.04 bits per heavy atom. The normalized spacial score (nSPS) is 16.2. The lowest BCUT2D eigenvalue weighted by molar-refractivity contribution is -0.118. The predicted octanol–water partition coefficient (Wildman–Crippen LogP) is 3.03. The molecular weight excluding hydrogens is 322 g/mol. The summed E-state index contributed by atoms with van der Waals surface area (Å²) in [6.45, 7) is 4.66. The van der Waals surface area contributed by atoms with Crippen LogP contribution >= 0.6 is 11.8 Å². The number of nitrogens with zero attached hydrogens (tertiary/aromatic N) is 2. The molecule has 1 aliphatic heterocycles. The van der Waals surface area contributed by atoms with Gasteiger partial charge < -0.3 is 9.73 Å². The van der Waals surface area contributed by atoms with Crippen molar-refractivity contribution in [2.24, 2.45) is 0 Å². The number of thioether (sulfide) groups is 1. The van der Waals surface area contributed by atoms with Gasteiger partial charge in [0.1, 0.15) is 11.5 Å². The number of amides is 1. The maximum Gasteiger partial charge on any atom is 0.230 e. The molecule has 3 heterocycles. The summed E-state index contributed by atoms with van der Waals surface area (Å²) in [5, 5.41) is 3.06. The molecular formula is C18H23N3O2S. The van der Waals surface area contributed by atoms with E-state index in [0.717, 1.165) is 29.5 Å². The molecule has 0 aromatic carbocycles. The fourth-order valence-corrected chi connectivity index (χ4v) is 3.65. The van der Waals surface area contributed by atoms with Crippen LogP contribution in [0.5, 0.6) is 0 Å². The zero-order valence-electron chi connectivity index (χ0n) is 13.9. The first-order valence-corrected chi connectivity index (χ1v) is 9.31. The van der Waals surface area contributed by atoms with Gasteiger partial charge in [0.15, 0.2) is 0 Å². The Labute approximate surface area is 146 Å². The van der Waals surface area contributed by atoms with E-state index in [9.17, 15) is 4.79 Å². The average Bonchev–Trinajstić information content (AvgIpc) is 3.27. The number of carbonyl (C=O) groups excluding carboxylic acids is 1. The number of pyridine rings is 1. The SMILES string of the molecule is Cc1ccc(C(CNC(=O)CSc2ccncc2)N2CCCC2)o1. The van der Waals surface area contributed by atoms with Crippen molar-refractivity contribution in [2.45, 2.75) is 30.7 Å². The second-order valence-corrected chi connectivity index (χ2v) is 7.03. The lowest BCUT2D eigenvalue weighted by Crippen LogP contribution is -2.37. The summed E-state index contributed by atoms with van der Waals surface area (Å²) < 4.78 is 5.81. The third kappa shape index (κ3) is 4.61. The molecule has 24 heavy (non-hydrogen) atoms. The van der Waals surface area contributed by atoms with Gasteiger partial charge in [0.05, 0.1) is 11.8 Å². The minimum atomic E-state index is 0.0456. The van der Waals surface area contributed by atoms with E-state index in [-0.39, 0.29) is 11.9 Å². The molecule has 1 amide bonds. The number of likely N-dealkylation sites (tertiary alicyclic amines) is 1. The summed E-state index contributed by atoms with van der Waals surface area (Å²) in [6, 6.07) is 7.96. The van der Waals surface area contributed by atoms with E-state index in [1.165, 1.54) is 24.6 Å². The van der Waals surface area contributed by atoms with E-state index in [2.05, 4.69) is 15.2 Å². The van der Waals surface area contributed by atoms with Crippen LogP contribution in [0.25, 0.3) is 0 Å². The van der Waals surface area contributed by atoms with Gasteiger partial charge in [-0.1, -0.05) is 0 Å². The van der Waals surface area contributed by atoms with Crippen LogP contribution < -0.4 is 5.32 Å². The molecule has 0 spiro atoms. The first-order chi connectivity index (χ1) is 11.7. The van der Waals surface area contributed by atoms with Crippen LogP contribution in [0.1, 0.15) is 30.4 Å². The lowest BCUT2D eigenvalue weighted by atomic mass is 10.2. The van der Waals surface area contributed by atoms with Gasteiger partial charge in [-0.3, -0.25) is 14.7 Å². The molecule has 5 nitrogen and oxygen atoms in total. The van der Waals surface area contributed by atoms with E-state index >= 15 is 0 Å². The van der Waals surface area contributed by atoms with Gasteiger partial charge in [0.2, 0.25) is 5.91 Å². The van der Waals surface area contributed by atoms with Gasteiger partial charge >= 0.3 is 0 Å². The number of hydrogen-bond acceptors (Lipinski definition) is 5. The standard InChI is InChI=1S/C18H23N3O2S/c1-14-4-5-17(23-14)16(21-10-2-3-11-21)12-20-18(22)13-24-15-6-8-19-9-7-15/h4-9,16H,2-3,10-13H2,1H3,(H,20,22). The van der Waals surface area contributed by atoms with Crippen molar-refractivity contribution in [2.75, 3.05) is 25.4 Å². The molecule has 1 N–H and O–H groups in total. The summed E-state index contributed by atoms with van der Waals surface area (Å²) in [6.07, 6.45) is 5.90. The molecule has 1 unspecified atom stereocenters. The van der Waals surface area contributed by atoms with Crippen LogP contribution in [0, 0.1) is 6.92 Å². The van der Waals surface area contributed by atoms with Gasteiger partial charge in [-0.05, 0) is 57.1 Å². The number of aryl methyl sites for hydroxylation is 1. The zero-order valence-corrected chi connectivity index (χ0v) is 14.7. The van der Waals surface area contributed by atoms with Crippen LogP contribution in [0.3, 0.4) is 0 Å². The number of carbonyl (C=O) groups is 1. The highest BCUT2D eigenvalue weighted by Gasteiger charge is 2.26. The molecule has 0 saturated carbocycles. The van der Waals surface area contributed by atoms with Crippen LogP contribution in [0.4, 0.5) is 0 Å². The third-order valence-electron chi connectivity index (χ3n) is 4.18. The molecule has 1 fully saturated rings. The van der Waals surface area contributed by atoms with Gasteiger partial charge in [-0.2, -0.15) is 0 Å². The Hall–Kier alpha value is -1.79. The highest BCUT2D eigenvalue weighted by atomic mass is 32.2. The number of hydrogen-bond donors (Lipinski definition) is 1. The molecule has 3 rings (SSSR count). The minimum Gasteiger partial charge on any atom is -0.465 e. The van der Waals surface area contributed by atoms with Gasteiger partial charge in [-0.15, -0.1) is 11.8 Å². The molecule has 6 heteroatoms.